The molecule has 0 unspecified atom stereocenters. The van der Waals surface area contributed by atoms with E-state index in [1.807, 2.05) is 12.1 Å². The predicted molar refractivity (Wildman–Crippen MR) is 79.6 cm³/mol. The first-order chi connectivity index (χ1) is 9.66. The van der Waals surface area contributed by atoms with Gasteiger partial charge in [-0.1, -0.05) is 34.4 Å². The third-order valence-corrected chi connectivity index (χ3v) is 3.59. The van der Waals surface area contributed by atoms with Crippen LogP contribution in [0, 0.1) is 0 Å². The van der Waals surface area contributed by atoms with E-state index in [1.165, 1.54) is 0 Å². The van der Waals surface area contributed by atoms with Crippen molar-refractivity contribution in [2.75, 3.05) is 5.73 Å². The smallest absolute Gasteiger partial charge is 0.177 e. The van der Waals surface area contributed by atoms with E-state index >= 15 is 0 Å². The standard InChI is InChI=1S/C14H9Cl2N3O/c15-10-4-3-8(6-11(10)16)13-12(14(17)19-20-13)9-2-1-5-18-7-9/h1-7H,(H2,17,19). The molecule has 4 nitrogen and oxygen atoms in total. The fourth-order valence-corrected chi connectivity index (χ4v) is 2.22. The van der Waals surface area contributed by atoms with Crippen molar-refractivity contribution in [2.24, 2.45) is 0 Å². The van der Waals surface area contributed by atoms with E-state index in [2.05, 4.69) is 10.1 Å². The van der Waals surface area contributed by atoms with Crippen molar-refractivity contribution >= 4 is 29.0 Å². The maximum absolute atomic E-state index is 6.03. The summed E-state index contributed by atoms with van der Waals surface area (Å²) < 4.78 is 5.33. The number of benzene rings is 1. The second-order valence-corrected chi connectivity index (χ2v) is 4.96. The third kappa shape index (κ3) is 2.24. The van der Waals surface area contributed by atoms with Gasteiger partial charge < -0.3 is 10.3 Å². The zero-order valence-corrected chi connectivity index (χ0v) is 11.7. The van der Waals surface area contributed by atoms with Crippen molar-refractivity contribution in [2.45, 2.75) is 0 Å². The van der Waals surface area contributed by atoms with Gasteiger partial charge in [0.1, 0.15) is 0 Å². The summed E-state index contributed by atoms with van der Waals surface area (Å²) in [6, 6.07) is 8.92. The number of aromatic nitrogens is 2. The van der Waals surface area contributed by atoms with Gasteiger partial charge in [-0.2, -0.15) is 0 Å². The van der Waals surface area contributed by atoms with Crippen LogP contribution in [0.15, 0.2) is 47.2 Å². The summed E-state index contributed by atoms with van der Waals surface area (Å²) in [5.41, 5.74) is 8.16. The van der Waals surface area contributed by atoms with E-state index in [1.54, 1.807) is 30.6 Å². The number of nitrogens with zero attached hydrogens (tertiary/aromatic N) is 2. The maximum atomic E-state index is 6.03. The summed E-state index contributed by atoms with van der Waals surface area (Å²) in [5, 5.41) is 4.74. The highest BCUT2D eigenvalue weighted by molar-refractivity contribution is 6.42. The van der Waals surface area contributed by atoms with Crippen LogP contribution in [-0.2, 0) is 0 Å². The Kier molecular flexibility index (Phi) is 3.34. The molecule has 20 heavy (non-hydrogen) atoms. The molecule has 2 heterocycles. The highest BCUT2D eigenvalue weighted by atomic mass is 35.5. The van der Waals surface area contributed by atoms with Crippen LogP contribution < -0.4 is 5.73 Å². The molecule has 0 amide bonds. The van der Waals surface area contributed by atoms with Gasteiger partial charge in [-0.05, 0) is 24.3 Å². The topological polar surface area (TPSA) is 64.9 Å². The molecule has 0 spiro atoms. The number of hydrogen-bond acceptors (Lipinski definition) is 4. The van der Waals surface area contributed by atoms with E-state index in [9.17, 15) is 0 Å². The molecule has 100 valence electrons. The number of anilines is 1. The Hall–Kier alpha value is -2.04. The number of nitrogen functional groups attached to an aromatic ring is 1. The first kappa shape index (κ1) is 13.0. The van der Waals surface area contributed by atoms with Crippen LogP contribution in [-0.4, -0.2) is 10.1 Å². The maximum Gasteiger partial charge on any atom is 0.177 e. The van der Waals surface area contributed by atoms with Gasteiger partial charge in [0.2, 0.25) is 0 Å². The average molecular weight is 306 g/mol. The van der Waals surface area contributed by atoms with Crippen molar-refractivity contribution in [3.05, 3.63) is 52.8 Å². The molecule has 0 saturated heterocycles. The van der Waals surface area contributed by atoms with Gasteiger partial charge in [-0.3, -0.25) is 4.98 Å². The van der Waals surface area contributed by atoms with Gasteiger partial charge in [0.25, 0.3) is 0 Å². The van der Waals surface area contributed by atoms with E-state index in [-0.39, 0.29) is 0 Å². The van der Waals surface area contributed by atoms with Crippen molar-refractivity contribution in [3.63, 3.8) is 0 Å². The molecular formula is C14H9Cl2N3O. The van der Waals surface area contributed by atoms with Gasteiger partial charge in [-0.25, -0.2) is 0 Å². The second-order valence-electron chi connectivity index (χ2n) is 4.14. The molecule has 0 fully saturated rings. The molecule has 1 aromatic carbocycles. The SMILES string of the molecule is Nc1noc(-c2ccc(Cl)c(Cl)c2)c1-c1cccnc1. The molecule has 0 radical (unpaired) electrons. The first-order valence-electron chi connectivity index (χ1n) is 5.78. The van der Waals surface area contributed by atoms with Crippen LogP contribution in [0.1, 0.15) is 0 Å². The molecule has 0 aliphatic carbocycles. The first-order valence-corrected chi connectivity index (χ1v) is 6.53. The molecule has 0 aliphatic heterocycles. The molecular weight excluding hydrogens is 297 g/mol. The van der Waals surface area contributed by atoms with Crippen LogP contribution in [0.3, 0.4) is 0 Å². The Morgan fingerprint density at radius 1 is 1.05 bits per heavy atom. The average Bonchev–Trinajstić information content (AvgIpc) is 2.85. The Balaban J connectivity index is 2.18. The van der Waals surface area contributed by atoms with E-state index in [0.29, 0.717) is 27.2 Å². The van der Waals surface area contributed by atoms with Gasteiger partial charge >= 0.3 is 0 Å². The van der Waals surface area contributed by atoms with Crippen LogP contribution in [0.25, 0.3) is 22.5 Å². The number of halogens is 2. The minimum Gasteiger partial charge on any atom is -0.380 e. The predicted octanol–water partition coefficient (Wildman–Crippen LogP) is 4.29. The summed E-state index contributed by atoms with van der Waals surface area (Å²) in [7, 11) is 0. The fraction of sp³-hybridized carbons (Fsp3) is 0. The molecule has 0 atom stereocenters. The zero-order valence-electron chi connectivity index (χ0n) is 10.2. The molecule has 3 aromatic rings. The lowest BCUT2D eigenvalue weighted by atomic mass is 10.0. The van der Waals surface area contributed by atoms with Crippen molar-refractivity contribution < 1.29 is 4.52 Å². The highest BCUT2D eigenvalue weighted by Crippen LogP contribution is 2.38. The second kappa shape index (κ2) is 5.15. The fourth-order valence-electron chi connectivity index (χ4n) is 1.93. The highest BCUT2D eigenvalue weighted by Gasteiger charge is 2.18. The van der Waals surface area contributed by atoms with Crippen molar-refractivity contribution in [3.8, 4) is 22.5 Å². The van der Waals surface area contributed by atoms with Crippen LogP contribution in [0.5, 0.6) is 0 Å². The van der Waals surface area contributed by atoms with E-state index in [0.717, 1.165) is 11.1 Å². The van der Waals surface area contributed by atoms with Gasteiger partial charge in [0.05, 0.1) is 15.6 Å². The largest absolute Gasteiger partial charge is 0.380 e. The monoisotopic (exact) mass is 305 g/mol. The molecule has 2 N–H and O–H groups in total. The molecule has 0 bridgehead atoms. The lowest BCUT2D eigenvalue weighted by Gasteiger charge is -2.03. The summed E-state index contributed by atoms with van der Waals surface area (Å²) >= 11 is 11.9. The normalized spacial score (nSPS) is 10.7. The number of nitrogens with two attached hydrogens (primary N) is 1. The molecule has 0 aliphatic rings. The van der Waals surface area contributed by atoms with Gasteiger partial charge in [0, 0.05) is 23.5 Å². The Morgan fingerprint density at radius 3 is 2.60 bits per heavy atom. The van der Waals surface area contributed by atoms with E-state index in [4.69, 9.17) is 33.5 Å². The van der Waals surface area contributed by atoms with Crippen LogP contribution in [0.4, 0.5) is 5.82 Å². The Morgan fingerprint density at radius 2 is 1.90 bits per heavy atom. The number of rotatable bonds is 2. The van der Waals surface area contributed by atoms with E-state index < -0.39 is 0 Å². The summed E-state index contributed by atoms with van der Waals surface area (Å²) in [5.74, 6) is 0.841. The summed E-state index contributed by atoms with van der Waals surface area (Å²) in [4.78, 5) is 4.08. The molecule has 0 saturated carbocycles. The van der Waals surface area contributed by atoms with Gasteiger partial charge in [0.15, 0.2) is 11.6 Å². The molecule has 2 aromatic heterocycles. The van der Waals surface area contributed by atoms with Crippen LogP contribution >= 0.6 is 23.2 Å². The molecule has 6 heteroatoms. The minimum atomic E-state index is 0.305. The van der Waals surface area contributed by atoms with Crippen molar-refractivity contribution in [1.82, 2.24) is 10.1 Å². The van der Waals surface area contributed by atoms with Gasteiger partial charge in [-0.15, -0.1) is 0 Å². The summed E-state index contributed by atoms with van der Waals surface area (Å²) in [6.07, 6.45) is 3.38. The Labute approximate surface area is 125 Å². The zero-order chi connectivity index (χ0) is 14.1. The van der Waals surface area contributed by atoms with Crippen molar-refractivity contribution in [1.29, 1.82) is 0 Å². The number of hydrogen-bond donors (Lipinski definition) is 1. The minimum absolute atomic E-state index is 0.305. The Bertz CT molecular complexity index is 756. The third-order valence-electron chi connectivity index (χ3n) is 2.85. The number of pyridine rings is 1. The molecule has 3 rings (SSSR count). The van der Waals surface area contributed by atoms with Crippen LogP contribution in [0.2, 0.25) is 10.0 Å². The quantitative estimate of drug-likeness (QED) is 0.767. The summed E-state index contributed by atoms with van der Waals surface area (Å²) in [6.45, 7) is 0. The lowest BCUT2D eigenvalue weighted by molar-refractivity contribution is 0.436. The lowest BCUT2D eigenvalue weighted by Crippen LogP contribution is -1.89.